The van der Waals surface area contributed by atoms with E-state index in [1.807, 2.05) is 13.8 Å². The van der Waals surface area contributed by atoms with E-state index in [9.17, 15) is 13.2 Å². The lowest BCUT2D eigenvalue weighted by molar-refractivity contribution is -0.119. The number of anilines is 2. The molecule has 2 N–H and O–H groups in total. The Morgan fingerprint density at radius 1 is 1.26 bits per heavy atom. The first-order valence-corrected chi connectivity index (χ1v) is 9.34. The first-order chi connectivity index (χ1) is 10.6. The van der Waals surface area contributed by atoms with Gasteiger partial charge in [0.1, 0.15) is 0 Å². The molecule has 0 unspecified atom stereocenters. The van der Waals surface area contributed by atoms with Crippen LogP contribution in [-0.4, -0.2) is 19.3 Å². The lowest BCUT2D eigenvalue weighted by Gasteiger charge is -2.15. The number of amides is 1. The van der Waals surface area contributed by atoms with Gasteiger partial charge in [-0.15, -0.1) is 11.3 Å². The van der Waals surface area contributed by atoms with E-state index in [4.69, 9.17) is 0 Å². The topological polar surface area (TPSA) is 88.2 Å². The summed E-state index contributed by atoms with van der Waals surface area (Å²) in [6.07, 6.45) is 0. The third-order valence-corrected chi connectivity index (χ3v) is 6.49. The van der Waals surface area contributed by atoms with Gasteiger partial charge in [0.05, 0.1) is 16.0 Å². The second kappa shape index (κ2) is 5.04. The monoisotopic (exact) mass is 351 g/mol. The van der Waals surface area contributed by atoms with Crippen LogP contribution in [0.3, 0.4) is 0 Å². The van der Waals surface area contributed by atoms with Gasteiger partial charge >= 0.3 is 0 Å². The normalized spacial score (nSPS) is 16.1. The van der Waals surface area contributed by atoms with E-state index in [-0.39, 0.29) is 10.8 Å². The average molecular weight is 351 g/mol. The second-order valence-electron chi connectivity index (χ2n) is 6.05. The number of thiazole rings is 1. The summed E-state index contributed by atoms with van der Waals surface area (Å²) in [6.45, 7) is 7.26. The summed E-state index contributed by atoms with van der Waals surface area (Å²) in [5.74, 6) is -0.138. The zero-order valence-electron chi connectivity index (χ0n) is 13.2. The fourth-order valence-corrected chi connectivity index (χ4v) is 4.48. The second-order valence-corrected chi connectivity index (χ2v) is 8.94. The third-order valence-electron chi connectivity index (χ3n) is 4.04. The Morgan fingerprint density at radius 2 is 1.96 bits per heavy atom. The Labute approximate surface area is 139 Å². The molecule has 2 heterocycles. The Balaban J connectivity index is 1.99. The van der Waals surface area contributed by atoms with E-state index in [0.29, 0.717) is 16.4 Å². The number of aromatic nitrogens is 1. The summed E-state index contributed by atoms with van der Waals surface area (Å²) in [5, 5.41) is 3.10. The number of rotatable bonds is 3. The summed E-state index contributed by atoms with van der Waals surface area (Å²) in [5.41, 5.74) is 1.38. The zero-order chi connectivity index (χ0) is 17.0. The summed E-state index contributed by atoms with van der Waals surface area (Å²) in [6, 6.07) is 4.65. The van der Waals surface area contributed by atoms with Crippen LogP contribution in [0.25, 0.3) is 0 Å². The highest BCUT2D eigenvalue weighted by molar-refractivity contribution is 7.93. The van der Waals surface area contributed by atoms with Crippen molar-refractivity contribution in [3.63, 3.8) is 0 Å². The maximum Gasteiger partial charge on any atom is 0.263 e. The molecule has 122 valence electrons. The van der Waals surface area contributed by atoms with Crippen molar-refractivity contribution in [2.24, 2.45) is 0 Å². The van der Waals surface area contributed by atoms with Crippen molar-refractivity contribution in [1.29, 1.82) is 0 Å². The number of aryl methyl sites for hydroxylation is 2. The number of nitrogens with one attached hydrogen (secondary N) is 2. The Hall–Kier alpha value is -1.93. The minimum absolute atomic E-state index is 0.117. The van der Waals surface area contributed by atoms with Crippen LogP contribution in [0, 0.1) is 13.8 Å². The number of carbonyl (C=O) groups excluding carboxylic acids is 1. The molecule has 0 atom stereocenters. The van der Waals surface area contributed by atoms with Crippen LogP contribution in [0.15, 0.2) is 23.1 Å². The maximum absolute atomic E-state index is 12.6. The van der Waals surface area contributed by atoms with Crippen molar-refractivity contribution < 1.29 is 13.2 Å². The molecule has 1 aromatic heterocycles. The fraction of sp³-hybridized carbons (Fsp3) is 0.333. The predicted octanol–water partition coefficient (Wildman–Crippen LogP) is 2.79. The highest BCUT2D eigenvalue weighted by Gasteiger charge is 2.39. The largest absolute Gasteiger partial charge is 0.325 e. The van der Waals surface area contributed by atoms with Crippen LogP contribution >= 0.6 is 11.3 Å². The Morgan fingerprint density at radius 3 is 2.57 bits per heavy atom. The SMILES string of the molecule is Cc1nc(NS(=O)(=O)c2ccc3c(c2)C(C)(C)C(=O)N3)sc1C. The van der Waals surface area contributed by atoms with Gasteiger partial charge in [0, 0.05) is 10.6 Å². The molecule has 0 aliphatic carbocycles. The van der Waals surface area contributed by atoms with Gasteiger partial charge in [-0.1, -0.05) is 0 Å². The fourth-order valence-electron chi connectivity index (χ4n) is 2.41. The average Bonchev–Trinajstić information content (AvgIpc) is 2.87. The first-order valence-electron chi connectivity index (χ1n) is 7.04. The molecule has 3 rings (SSSR count). The highest BCUT2D eigenvalue weighted by Crippen LogP contribution is 2.38. The molecule has 0 radical (unpaired) electrons. The molecule has 2 aromatic rings. The molecule has 1 amide bonds. The summed E-state index contributed by atoms with van der Waals surface area (Å²) in [7, 11) is -3.75. The molecule has 1 aliphatic rings. The van der Waals surface area contributed by atoms with Gasteiger partial charge in [-0.25, -0.2) is 13.4 Å². The Bertz CT molecular complexity index is 895. The number of sulfonamides is 1. The van der Waals surface area contributed by atoms with Crippen LogP contribution in [0.4, 0.5) is 10.8 Å². The summed E-state index contributed by atoms with van der Waals surface area (Å²) >= 11 is 1.29. The quantitative estimate of drug-likeness (QED) is 0.890. The molecule has 23 heavy (non-hydrogen) atoms. The van der Waals surface area contributed by atoms with Gasteiger partial charge in [0.25, 0.3) is 10.0 Å². The molecule has 8 heteroatoms. The van der Waals surface area contributed by atoms with E-state index in [2.05, 4.69) is 15.0 Å². The van der Waals surface area contributed by atoms with Crippen molar-refractivity contribution >= 4 is 38.1 Å². The van der Waals surface area contributed by atoms with Crippen molar-refractivity contribution in [1.82, 2.24) is 4.98 Å². The van der Waals surface area contributed by atoms with Crippen LogP contribution in [0.5, 0.6) is 0 Å². The molecule has 0 spiro atoms. The molecular weight excluding hydrogens is 334 g/mol. The molecular formula is C15H17N3O3S2. The number of benzene rings is 1. The predicted molar refractivity (Wildman–Crippen MR) is 90.5 cm³/mol. The third kappa shape index (κ3) is 2.61. The number of nitrogens with zero attached hydrogens (tertiary/aromatic N) is 1. The minimum Gasteiger partial charge on any atom is -0.325 e. The first kappa shape index (κ1) is 15.9. The lowest BCUT2D eigenvalue weighted by Crippen LogP contribution is -2.27. The summed E-state index contributed by atoms with van der Waals surface area (Å²) < 4.78 is 27.6. The van der Waals surface area contributed by atoms with Crippen LogP contribution in [0.2, 0.25) is 0 Å². The van der Waals surface area contributed by atoms with E-state index < -0.39 is 15.4 Å². The van der Waals surface area contributed by atoms with Crippen molar-refractivity contribution in [3.05, 3.63) is 34.3 Å². The van der Waals surface area contributed by atoms with Gasteiger partial charge in [-0.3, -0.25) is 9.52 Å². The van der Waals surface area contributed by atoms with E-state index in [1.54, 1.807) is 26.0 Å². The van der Waals surface area contributed by atoms with Crippen molar-refractivity contribution in [2.45, 2.75) is 38.0 Å². The number of hydrogen-bond donors (Lipinski definition) is 2. The number of carbonyl (C=O) groups is 1. The molecule has 0 fully saturated rings. The van der Waals surface area contributed by atoms with Gasteiger partial charge < -0.3 is 5.32 Å². The van der Waals surface area contributed by atoms with Crippen LogP contribution < -0.4 is 10.0 Å². The minimum atomic E-state index is -3.75. The van der Waals surface area contributed by atoms with E-state index in [0.717, 1.165) is 10.6 Å². The van der Waals surface area contributed by atoms with Crippen molar-refractivity contribution in [2.75, 3.05) is 10.0 Å². The lowest BCUT2D eigenvalue weighted by atomic mass is 9.86. The van der Waals surface area contributed by atoms with Crippen LogP contribution in [0.1, 0.15) is 30.0 Å². The van der Waals surface area contributed by atoms with Crippen molar-refractivity contribution in [3.8, 4) is 0 Å². The highest BCUT2D eigenvalue weighted by atomic mass is 32.2. The Kier molecular flexibility index (Phi) is 3.49. The van der Waals surface area contributed by atoms with Gasteiger partial charge in [-0.05, 0) is 51.5 Å². The standard InChI is InChI=1S/C15H17N3O3S2/c1-8-9(2)22-14(16-8)18-23(20,21)10-5-6-12-11(7-10)15(3,4)13(19)17-12/h5-7H,1-4H3,(H,16,18)(H,17,19). The van der Waals surface area contributed by atoms with Gasteiger partial charge in [-0.2, -0.15) is 0 Å². The molecule has 0 saturated carbocycles. The maximum atomic E-state index is 12.6. The van der Waals surface area contributed by atoms with Gasteiger partial charge in [0.15, 0.2) is 5.13 Å². The summed E-state index contributed by atoms with van der Waals surface area (Å²) in [4.78, 5) is 17.2. The molecule has 1 aliphatic heterocycles. The molecule has 6 nitrogen and oxygen atoms in total. The zero-order valence-corrected chi connectivity index (χ0v) is 14.9. The molecule has 1 aromatic carbocycles. The number of fused-ring (bicyclic) bond motifs is 1. The van der Waals surface area contributed by atoms with E-state index >= 15 is 0 Å². The molecule has 0 bridgehead atoms. The van der Waals surface area contributed by atoms with Gasteiger partial charge in [0.2, 0.25) is 5.91 Å². The molecule has 0 saturated heterocycles. The number of hydrogen-bond acceptors (Lipinski definition) is 5. The van der Waals surface area contributed by atoms with E-state index in [1.165, 1.54) is 17.4 Å². The van der Waals surface area contributed by atoms with Crippen LogP contribution in [-0.2, 0) is 20.2 Å². The smallest absolute Gasteiger partial charge is 0.263 e.